The maximum Gasteiger partial charge on any atom is 0.243 e. The topological polar surface area (TPSA) is 62.3 Å². The molecule has 1 aliphatic rings. The van der Waals surface area contributed by atoms with E-state index in [2.05, 4.69) is 10.3 Å². The summed E-state index contributed by atoms with van der Waals surface area (Å²) in [6.45, 7) is 4.47. The molecule has 0 saturated carbocycles. The highest BCUT2D eigenvalue weighted by molar-refractivity contribution is 5.94. The minimum absolute atomic E-state index is 0.0388. The summed E-state index contributed by atoms with van der Waals surface area (Å²) in [5.41, 5.74) is 1.89. The van der Waals surface area contributed by atoms with Crippen molar-refractivity contribution in [1.29, 1.82) is 0 Å². The van der Waals surface area contributed by atoms with Gasteiger partial charge in [-0.1, -0.05) is 19.4 Å². The molecule has 1 fully saturated rings. The Morgan fingerprint density at radius 3 is 2.95 bits per heavy atom. The maximum absolute atomic E-state index is 12.0. The van der Waals surface area contributed by atoms with Crippen LogP contribution in [0.25, 0.3) is 0 Å². The summed E-state index contributed by atoms with van der Waals surface area (Å²) in [4.78, 5) is 29.9. The molecule has 1 saturated heterocycles. The minimum atomic E-state index is -0.368. The van der Waals surface area contributed by atoms with Crippen LogP contribution in [0.3, 0.4) is 0 Å². The zero-order chi connectivity index (χ0) is 13.8. The predicted molar refractivity (Wildman–Crippen MR) is 71.2 cm³/mol. The van der Waals surface area contributed by atoms with E-state index >= 15 is 0 Å². The van der Waals surface area contributed by atoms with Crippen LogP contribution in [0, 0.1) is 6.92 Å². The van der Waals surface area contributed by atoms with E-state index < -0.39 is 0 Å². The molecule has 0 bridgehead atoms. The van der Waals surface area contributed by atoms with Gasteiger partial charge in [0.2, 0.25) is 11.8 Å². The quantitative estimate of drug-likeness (QED) is 0.880. The minimum Gasteiger partial charge on any atom is -0.345 e. The van der Waals surface area contributed by atoms with Gasteiger partial charge in [-0.2, -0.15) is 0 Å². The third kappa shape index (κ3) is 2.92. The number of pyridine rings is 1. The Hall–Kier alpha value is -1.91. The van der Waals surface area contributed by atoms with Gasteiger partial charge in [0.1, 0.15) is 6.04 Å². The molecule has 0 aromatic carbocycles. The van der Waals surface area contributed by atoms with Gasteiger partial charge in [-0.3, -0.25) is 14.6 Å². The van der Waals surface area contributed by atoms with E-state index in [1.54, 1.807) is 11.1 Å². The normalized spacial score (nSPS) is 19.5. The summed E-state index contributed by atoms with van der Waals surface area (Å²) in [5.74, 6) is -0.0989. The lowest BCUT2D eigenvalue weighted by atomic mass is 10.1. The van der Waals surface area contributed by atoms with E-state index in [1.807, 2.05) is 26.0 Å². The molecule has 1 atom stereocenters. The number of rotatable bonds is 4. The number of nitrogens with one attached hydrogen (secondary N) is 1. The third-order valence-corrected chi connectivity index (χ3v) is 3.41. The summed E-state index contributed by atoms with van der Waals surface area (Å²) in [6, 6.07) is 3.46. The van der Waals surface area contributed by atoms with Crippen LogP contribution >= 0.6 is 0 Å². The van der Waals surface area contributed by atoms with Gasteiger partial charge in [-0.05, 0) is 25.0 Å². The molecule has 102 valence electrons. The molecule has 2 amide bonds. The Morgan fingerprint density at radius 1 is 1.47 bits per heavy atom. The van der Waals surface area contributed by atoms with Gasteiger partial charge < -0.3 is 10.2 Å². The molecule has 0 radical (unpaired) electrons. The lowest BCUT2D eigenvalue weighted by Crippen LogP contribution is -2.57. The highest BCUT2D eigenvalue weighted by Crippen LogP contribution is 2.16. The smallest absolute Gasteiger partial charge is 0.243 e. The van der Waals surface area contributed by atoms with Gasteiger partial charge in [0, 0.05) is 6.20 Å². The van der Waals surface area contributed by atoms with Crippen LogP contribution in [-0.2, 0) is 16.1 Å². The van der Waals surface area contributed by atoms with Gasteiger partial charge in [-0.25, -0.2) is 0 Å². The first-order valence-corrected chi connectivity index (χ1v) is 6.61. The molecule has 1 N–H and O–H groups in total. The monoisotopic (exact) mass is 261 g/mol. The molecular weight excluding hydrogens is 242 g/mol. The molecule has 19 heavy (non-hydrogen) atoms. The van der Waals surface area contributed by atoms with Gasteiger partial charge in [0.25, 0.3) is 0 Å². The Balaban J connectivity index is 2.21. The van der Waals surface area contributed by atoms with Crippen LogP contribution in [0.15, 0.2) is 18.3 Å². The van der Waals surface area contributed by atoms with Crippen LogP contribution in [0.1, 0.15) is 31.0 Å². The van der Waals surface area contributed by atoms with Gasteiger partial charge >= 0.3 is 0 Å². The van der Waals surface area contributed by atoms with Crippen molar-refractivity contribution < 1.29 is 9.59 Å². The Morgan fingerprint density at radius 2 is 2.26 bits per heavy atom. The van der Waals surface area contributed by atoms with Crippen molar-refractivity contribution in [2.24, 2.45) is 0 Å². The van der Waals surface area contributed by atoms with Gasteiger partial charge in [-0.15, -0.1) is 0 Å². The number of carbonyl (C=O) groups excluding carboxylic acids is 2. The lowest BCUT2D eigenvalue weighted by molar-refractivity contribution is -0.146. The Kier molecular flexibility index (Phi) is 4.14. The highest BCUT2D eigenvalue weighted by Gasteiger charge is 2.33. The van der Waals surface area contributed by atoms with Gasteiger partial charge in [0.05, 0.1) is 18.8 Å². The van der Waals surface area contributed by atoms with Crippen molar-refractivity contribution in [3.8, 4) is 0 Å². The number of nitrogens with zero attached hydrogens (tertiary/aromatic N) is 2. The first kappa shape index (κ1) is 13.5. The van der Waals surface area contributed by atoms with Crippen molar-refractivity contribution >= 4 is 11.8 Å². The summed E-state index contributed by atoms with van der Waals surface area (Å²) in [6.07, 6.45) is 3.26. The molecule has 1 aromatic rings. The van der Waals surface area contributed by atoms with E-state index in [1.165, 1.54) is 0 Å². The van der Waals surface area contributed by atoms with Crippen molar-refractivity contribution in [2.75, 3.05) is 6.54 Å². The lowest BCUT2D eigenvalue weighted by Gasteiger charge is -2.34. The molecule has 0 aliphatic carbocycles. The summed E-state index contributed by atoms with van der Waals surface area (Å²) in [5, 5.41) is 2.65. The zero-order valence-corrected chi connectivity index (χ0v) is 11.3. The van der Waals surface area contributed by atoms with E-state index in [9.17, 15) is 9.59 Å². The Bertz CT molecular complexity index is 487. The molecule has 2 heterocycles. The first-order chi connectivity index (χ1) is 9.13. The van der Waals surface area contributed by atoms with Crippen LogP contribution in [-0.4, -0.2) is 34.3 Å². The molecule has 1 aromatic heterocycles. The zero-order valence-electron chi connectivity index (χ0n) is 11.3. The highest BCUT2D eigenvalue weighted by atomic mass is 16.2. The number of carbonyl (C=O) groups is 2. The van der Waals surface area contributed by atoms with Crippen LogP contribution in [0.4, 0.5) is 0 Å². The summed E-state index contributed by atoms with van der Waals surface area (Å²) < 4.78 is 0. The second kappa shape index (κ2) is 5.82. The third-order valence-electron chi connectivity index (χ3n) is 3.41. The number of aromatic nitrogens is 1. The van der Waals surface area contributed by atoms with E-state index in [-0.39, 0.29) is 24.4 Å². The number of amides is 2. The van der Waals surface area contributed by atoms with Crippen LogP contribution in [0.5, 0.6) is 0 Å². The molecule has 5 heteroatoms. The largest absolute Gasteiger partial charge is 0.345 e. The molecule has 1 aliphatic heterocycles. The fourth-order valence-electron chi connectivity index (χ4n) is 2.30. The van der Waals surface area contributed by atoms with Crippen LogP contribution in [0.2, 0.25) is 0 Å². The molecule has 1 unspecified atom stereocenters. The Labute approximate surface area is 113 Å². The van der Waals surface area contributed by atoms with Crippen molar-refractivity contribution in [3.05, 3.63) is 29.6 Å². The van der Waals surface area contributed by atoms with Crippen molar-refractivity contribution in [2.45, 2.75) is 39.3 Å². The number of hydrogen-bond donors (Lipinski definition) is 1. The van der Waals surface area contributed by atoms with Gasteiger partial charge in [0.15, 0.2) is 0 Å². The second-order valence-corrected chi connectivity index (χ2v) is 4.81. The molecular formula is C14H19N3O2. The van der Waals surface area contributed by atoms with E-state index in [0.29, 0.717) is 13.0 Å². The second-order valence-electron chi connectivity index (χ2n) is 4.81. The molecule has 2 rings (SSSR count). The van der Waals surface area contributed by atoms with Crippen LogP contribution < -0.4 is 5.32 Å². The van der Waals surface area contributed by atoms with E-state index in [4.69, 9.17) is 0 Å². The maximum atomic E-state index is 12.0. The first-order valence-electron chi connectivity index (χ1n) is 6.61. The standard InChI is InChI=1S/C14H19N3O2/c1-3-5-12-14(19)16-8-13(18)17(12)9-11-10(2)6-4-7-15-11/h4,6-7,12H,3,5,8-9H2,1-2H3,(H,16,19). The fraction of sp³-hybridized carbons (Fsp3) is 0.500. The van der Waals surface area contributed by atoms with Crippen molar-refractivity contribution in [3.63, 3.8) is 0 Å². The SMILES string of the molecule is CCCC1C(=O)NCC(=O)N1Cc1ncccc1C. The number of aryl methyl sites for hydroxylation is 1. The average molecular weight is 261 g/mol. The number of piperazine rings is 1. The summed E-state index contributed by atoms with van der Waals surface area (Å²) in [7, 11) is 0. The van der Waals surface area contributed by atoms with Crippen molar-refractivity contribution in [1.82, 2.24) is 15.2 Å². The average Bonchev–Trinajstić information content (AvgIpc) is 2.40. The summed E-state index contributed by atoms with van der Waals surface area (Å²) >= 11 is 0. The fourth-order valence-corrected chi connectivity index (χ4v) is 2.30. The number of hydrogen-bond acceptors (Lipinski definition) is 3. The predicted octanol–water partition coefficient (Wildman–Crippen LogP) is 1.02. The molecule has 0 spiro atoms. The van der Waals surface area contributed by atoms with E-state index in [0.717, 1.165) is 17.7 Å². The molecule has 5 nitrogen and oxygen atoms in total.